The summed E-state index contributed by atoms with van der Waals surface area (Å²) in [5.41, 5.74) is 5.15. The monoisotopic (exact) mass is 452 g/mol. The Morgan fingerprint density at radius 1 is 1.06 bits per heavy atom. The number of ether oxygens (including phenoxy) is 1. The van der Waals surface area contributed by atoms with Crippen LogP contribution in [-0.4, -0.2) is 27.7 Å². The van der Waals surface area contributed by atoms with Gasteiger partial charge in [0.05, 0.1) is 16.3 Å². The lowest BCUT2D eigenvalue weighted by atomic mass is 10.1. The number of para-hydroxylation sites is 1. The SMILES string of the molecule is Cc1cc(SCC(=O)c2cc(C)n(-c3ccc(OC(F)F)cc3)c2C)nc2ccccc12. The van der Waals surface area contributed by atoms with Crippen LogP contribution in [0.15, 0.2) is 65.7 Å². The minimum Gasteiger partial charge on any atom is -0.435 e. The van der Waals surface area contributed by atoms with Crippen molar-refractivity contribution in [2.24, 2.45) is 0 Å². The molecule has 2 aromatic heterocycles. The van der Waals surface area contributed by atoms with Gasteiger partial charge in [-0.1, -0.05) is 30.0 Å². The Kier molecular flexibility index (Phi) is 6.28. The summed E-state index contributed by atoms with van der Waals surface area (Å²) < 4.78 is 31.1. The molecular weight excluding hydrogens is 430 g/mol. The largest absolute Gasteiger partial charge is 0.435 e. The van der Waals surface area contributed by atoms with Gasteiger partial charge >= 0.3 is 6.61 Å². The highest BCUT2D eigenvalue weighted by Crippen LogP contribution is 2.27. The van der Waals surface area contributed by atoms with Gasteiger partial charge in [0, 0.05) is 28.0 Å². The van der Waals surface area contributed by atoms with Gasteiger partial charge in [0.25, 0.3) is 0 Å². The van der Waals surface area contributed by atoms with E-state index in [4.69, 9.17) is 0 Å². The van der Waals surface area contributed by atoms with Crippen molar-refractivity contribution in [3.8, 4) is 11.4 Å². The molecule has 0 fully saturated rings. The molecule has 0 aliphatic carbocycles. The van der Waals surface area contributed by atoms with Gasteiger partial charge in [-0.2, -0.15) is 8.78 Å². The van der Waals surface area contributed by atoms with E-state index in [1.54, 1.807) is 12.1 Å². The number of hydrogen-bond donors (Lipinski definition) is 0. The predicted molar refractivity (Wildman–Crippen MR) is 123 cm³/mol. The van der Waals surface area contributed by atoms with Crippen LogP contribution in [0.4, 0.5) is 8.78 Å². The van der Waals surface area contributed by atoms with E-state index in [-0.39, 0.29) is 17.3 Å². The number of thioether (sulfide) groups is 1. The minimum absolute atomic E-state index is 0.0135. The maximum Gasteiger partial charge on any atom is 0.387 e. The molecule has 0 N–H and O–H groups in total. The number of ketones is 1. The Hall–Kier alpha value is -3.19. The summed E-state index contributed by atoms with van der Waals surface area (Å²) in [4.78, 5) is 17.7. The molecule has 2 heterocycles. The Labute approximate surface area is 189 Å². The smallest absolute Gasteiger partial charge is 0.387 e. The molecule has 0 amide bonds. The summed E-state index contributed by atoms with van der Waals surface area (Å²) in [6, 6.07) is 18.2. The van der Waals surface area contributed by atoms with E-state index >= 15 is 0 Å². The van der Waals surface area contributed by atoms with Crippen LogP contribution in [0, 0.1) is 20.8 Å². The molecule has 0 aliphatic heterocycles. The lowest BCUT2D eigenvalue weighted by molar-refractivity contribution is -0.0498. The van der Waals surface area contributed by atoms with Crippen LogP contribution in [0.3, 0.4) is 0 Å². The second-order valence-electron chi connectivity index (χ2n) is 7.50. The van der Waals surface area contributed by atoms with E-state index in [0.29, 0.717) is 5.56 Å². The highest BCUT2D eigenvalue weighted by molar-refractivity contribution is 7.99. The molecule has 0 saturated carbocycles. The summed E-state index contributed by atoms with van der Waals surface area (Å²) in [6.45, 7) is 2.97. The Morgan fingerprint density at radius 3 is 2.50 bits per heavy atom. The van der Waals surface area contributed by atoms with Crippen molar-refractivity contribution in [2.75, 3.05) is 5.75 Å². The number of Topliss-reactive ketones (excluding diaryl/α,β-unsaturated/α-hetero) is 1. The number of carbonyl (C=O) groups excluding carboxylic acids is 1. The van der Waals surface area contributed by atoms with E-state index in [9.17, 15) is 13.6 Å². The van der Waals surface area contributed by atoms with Crippen molar-refractivity contribution in [3.63, 3.8) is 0 Å². The number of alkyl halides is 2. The maximum absolute atomic E-state index is 13.0. The van der Waals surface area contributed by atoms with Crippen LogP contribution in [0.25, 0.3) is 16.6 Å². The molecule has 0 saturated heterocycles. The van der Waals surface area contributed by atoms with Gasteiger partial charge in [-0.25, -0.2) is 4.98 Å². The van der Waals surface area contributed by atoms with Crippen LogP contribution in [-0.2, 0) is 0 Å². The van der Waals surface area contributed by atoms with Gasteiger partial charge in [0.15, 0.2) is 5.78 Å². The number of fused-ring (bicyclic) bond motifs is 1. The fourth-order valence-corrected chi connectivity index (χ4v) is 4.69. The first-order chi connectivity index (χ1) is 15.3. The number of benzene rings is 2. The second kappa shape index (κ2) is 9.12. The van der Waals surface area contributed by atoms with Gasteiger partial charge in [-0.05, 0) is 68.8 Å². The normalized spacial score (nSPS) is 11.3. The number of aromatic nitrogens is 2. The second-order valence-corrected chi connectivity index (χ2v) is 8.49. The molecule has 7 heteroatoms. The predicted octanol–water partition coefficient (Wildman–Crippen LogP) is 6.53. The molecular formula is C25H22F2N2O2S. The fourth-order valence-electron chi connectivity index (χ4n) is 3.83. The Bertz CT molecular complexity index is 1280. The first-order valence-electron chi connectivity index (χ1n) is 10.1. The standard InChI is InChI=1S/C25H22F2N2O2S/c1-15-12-24(28-22-7-5-4-6-20(15)22)32-14-23(30)21-13-16(2)29(17(21)3)18-8-10-19(11-9-18)31-25(26)27/h4-13,25H,14H2,1-3H3. The number of rotatable bonds is 7. The molecule has 2 aromatic carbocycles. The molecule has 0 spiro atoms. The number of nitrogens with zero attached hydrogens (tertiary/aromatic N) is 2. The molecule has 0 aliphatic rings. The minimum atomic E-state index is -2.86. The van der Waals surface area contributed by atoms with Crippen molar-refractivity contribution in [1.29, 1.82) is 0 Å². The van der Waals surface area contributed by atoms with Crippen LogP contribution >= 0.6 is 11.8 Å². The van der Waals surface area contributed by atoms with E-state index in [1.807, 2.05) is 61.7 Å². The average molecular weight is 453 g/mol. The van der Waals surface area contributed by atoms with Gasteiger partial charge in [0.2, 0.25) is 0 Å². The topological polar surface area (TPSA) is 44.1 Å². The van der Waals surface area contributed by atoms with Crippen LogP contribution in [0.2, 0.25) is 0 Å². The van der Waals surface area contributed by atoms with Gasteiger partial charge < -0.3 is 9.30 Å². The Morgan fingerprint density at radius 2 is 1.78 bits per heavy atom. The zero-order valence-electron chi connectivity index (χ0n) is 17.9. The Balaban J connectivity index is 1.53. The highest BCUT2D eigenvalue weighted by atomic mass is 32.2. The lowest BCUT2D eigenvalue weighted by Crippen LogP contribution is -2.06. The molecule has 4 rings (SSSR count). The fraction of sp³-hybridized carbons (Fsp3) is 0.200. The number of pyridine rings is 1. The maximum atomic E-state index is 13.0. The van der Waals surface area contributed by atoms with E-state index in [2.05, 4.69) is 9.72 Å². The third-order valence-corrected chi connectivity index (χ3v) is 6.21. The molecule has 4 aromatic rings. The van der Waals surface area contributed by atoms with Gasteiger partial charge in [0.1, 0.15) is 5.75 Å². The zero-order chi connectivity index (χ0) is 22.8. The van der Waals surface area contributed by atoms with Crippen molar-refractivity contribution in [3.05, 3.63) is 83.2 Å². The third-order valence-electron chi connectivity index (χ3n) is 5.30. The van der Waals surface area contributed by atoms with Crippen molar-refractivity contribution < 1.29 is 18.3 Å². The van der Waals surface area contributed by atoms with Crippen molar-refractivity contribution in [1.82, 2.24) is 9.55 Å². The van der Waals surface area contributed by atoms with E-state index < -0.39 is 6.61 Å². The number of carbonyl (C=O) groups is 1. The van der Waals surface area contributed by atoms with Crippen LogP contribution in [0.5, 0.6) is 5.75 Å². The molecule has 0 radical (unpaired) electrons. The number of halogens is 2. The molecule has 0 bridgehead atoms. The summed E-state index contributed by atoms with van der Waals surface area (Å²) in [5, 5.41) is 1.93. The van der Waals surface area contributed by atoms with Crippen LogP contribution in [0.1, 0.15) is 27.3 Å². The van der Waals surface area contributed by atoms with Crippen molar-refractivity contribution in [2.45, 2.75) is 32.4 Å². The highest BCUT2D eigenvalue weighted by Gasteiger charge is 2.18. The molecule has 4 nitrogen and oxygen atoms in total. The molecule has 164 valence electrons. The van der Waals surface area contributed by atoms with E-state index in [1.165, 1.54) is 23.9 Å². The number of aryl methyl sites for hydroxylation is 2. The van der Waals surface area contributed by atoms with Gasteiger partial charge in [-0.3, -0.25) is 4.79 Å². The van der Waals surface area contributed by atoms with Crippen molar-refractivity contribution >= 4 is 28.4 Å². The molecule has 0 unspecified atom stereocenters. The summed E-state index contributed by atoms with van der Waals surface area (Å²) in [5.74, 6) is 0.382. The molecule has 32 heavy (non-hydrogen) atoms. The van der Waals surface area contributed by atoms with Gasteiger partial charge in [-0.15, -0.1) is 0 Å². The summed E-state index contributed by atoms with van der Waals surface area (Å²) >= 11 is 1.42. The quantitative estimate of drug-likeness (QED) is 0.236. The molecule has 0 atom stereocenters. The zero-order valence-corrected chi connectivity index (χ0v) is 18.7. The van der Waals surface area contributed by atoms with E-state index in [0.717, 1.165) is 38.6 Å². The first kappa shape index (κ1) is 22.0. The summed E-state index contributed by atoms with van der Waals surface area (Å²) in [7, 11) is 0. The summed E-state index contributed by atoms with van der Waals surface area (Å²) in [6.07, 6.45) is 0. The van der Waals surface area contributed by atoms with Crippen LogP contribution < -0.4 is 4.74 Å². The average Bonchev–Trinajstić information content (AvgIpc) is 3.06. The number of hydrogen-bond acceptors (Lipinski definition) is 4. The first-order valence-corrected chi connectivity index (χ1v) is 11.1. The third kappa shape index (κ3) is 4.53. The lowest BCUT2D eigenvalue weighted by Gasteiger charge is -2.11.